The number of anilines is 2. The average Bonchev–Trinajstić information content (AvgIpc) is 2.62. The van der Waals surface area contributed by atoms with Gasteiger partial charge in [-0.15, -0.1) is 0 Å². The molecule has 25 heavy (non-hydrogen) atoms. The van der Waals surface area contributed by atoms with Crippen LogP contribution < -0.4 is 4.90 Å². The lowest BCUT2D eigenvalue weighted by Crippen LogP contribution is -2.29. The largest absolute Gasteiger partial charge is 0.290 e. The van der Waals surface area contributed by atoms with Crippen LogP contribution in [0.25, 0.3) is 0 Å². The molecule has 2 aromatic rings. The third-order valence-electron chi connectivity index (χ3n) is 4.11. The van der Waals surface area contributed by atoms with Crippen molar-refractivity contribution in [2.45, 2.75) is 32.1 Å². The summed E-state index contributed by atoms with van der Waals surface area (Å²) < 4.78 is 0. The molecule has 6 heteroatoms. The second-order valence-electron chi connectivity index (χ2n) is 5.90. The number of halogens is 1. The molecule has 0 bridgehead atoms. The molecule has 0 atom stereocenters. The van der Waals surface area contributed by atoms with Crippen LogP contribution in [0, 0.1) is 0 Å². The maximum atomic E-state index is 12.9. The van der Waals surface area contributed by atoms with Gasteiger partial charge in [0.15, 0.2) is 5.82 Å². The average molecular weight is 357 g/mol. The second kappa shape index (κ2) is 7.57. The lowest BCUT2D eigenvalue weighted by Gasteiger charge is -2.23. The van der Waals surface area contributed by atoms with E-state index in [1.54, 1.807) is 30.3 Å². The molecule has 0 N–H and O–H groups in total. The number of hydrogen-bond donors (Lipinski definition) is 0. The Balaban J connectivity index is 2.17. The monoisotopic (exact) mass is 356 g/mol. The molecule has 1 aromatic heterocycles. The summed E-state index contributed by atoms with van der Waals surface area (Å²) >= 11 is 6.07. The number of ketones is 2. The number of hydrogen-bond acceptors (Lipinski definition) is 4. The summed E-state index contributed by atoms with van der Waals surface area (Å²) in [6, 6.07) is 9.93. The third-order valence-corrected chi connectivity index (χ3v) is 4.34. The molecule has 0 aliphatic carbocycles. The van der Waals surface area contributed by atoms with Crippen molar-refractivity contribution in [2.24, 2.45) is 0 Å². The van der Waals surface area contributed by atoms with Gasteiger partial charge in [0.1, 0.15) is 0 Å². The number of aromatic nitrogens is 1. The van der Waals surface area contributed by atoms with E-state index in [0.717, 1.165) is 6.42 Å². The Kier molecular flexibility index (Phi) is 5.24. The standard InChI is InChI=1S/C19H17ClN2O3/c20-13-6-4-7-14(12-13)22-17(24)10-3-1-2-9-16(23)18(25)15-8-5-11-21-19(15)22/h4-8,11-12H,1-3,9-10H2. The van der Waals surface area contributed by atoms with Crippen LogP contribution in [0.15, 0.2) is 42.6 Å². The molecule has 0 fully saturated rings. The highest BCUT2D eigenvalue weighted by molar-refractivity contribution is 6.45. The Hall–Kier alpha value is -2.53. The first-order valence-corrected chi connectivity index (χ1v) is 8.57. The van der Waals surface area contributed by atoms with Crippen LogP contribution >= 0.6 is 11.6 Å². The van der Waals surface area contributed by atoms with E-state index in [1.807, 2.05) is 0 Å². The Bertz CT molecular complexity index is 835. The fraction of sp³-hybridized carbons (Fsp3) is 0.263. The van der Waals surface area contributed by atoms with Crippen LogP contribution in [0.1, 0.15) is 42.5 Å². The zero-order valence-corrected chi connectivity index (χ0v) is 14.3. The van der Waals surface area contributed by atoms with Crippen LogP contribution in [0.5, 0.6) is 0 Å². The number of Topliss-reactive ketones (excluding diaryl/α,β-unsaturated/α-hetero) is 2. The SMILES string of the molecule is O=C1CCCCCC(=O)N(c2cccc(Cl)c2)c2ncccc2C1=O. The zero-order chi connectivity index (χ0) is 17.8. The summed E-state index contributed by atoms with van der Waals surface area (Å²) in [5, 5.41) is 0.472. The van der Waals surface area contributed by atoms with Gasteiger partial charge in [0.25, 0.3) is 0 Å². The zero-order valence-electron chi connectivity index (χ0n) is 13.6. The highest BCUT2D eigenvalue weighted by atomic mass is 35.5. The van der Waals surface area contributed by atoms with E-state index in [9.17, 15) is 14.4 Å². The quantitative estimate of drug-likeness (QED) is 0.721. The number of benzene rings is 1. The van der Waals surface area contributed by atoms with Gasteiger partial charge in [-0.3, -0.25) is 19.3 Å². The highest BCUT2D eigenvalue weighted by Crippen LogP contribution is 2.31. The van der Waals surface area contributed by atoms with Crippen LogP contribution in [0.2, 0.25) is 5.02 Å². The number of pyridine rings is 1. The summed E-state index contributed by atoms with van der Waals surface area (Å²) in [5.41, 5.74) is 0.666. The van der Waals surface area contributed by atoms with E-state index in [0.29, 0.717) is 30.0 Å². The van der Waals surface area contributed by atoms with Crippen molar-refractivity contribution in [1.82, 2.24) is 4.98 Å². The molecule has 0 spiro atoms. The first-order valence-electron chi connectivity index (χ1n) is 8.19. The van der Waals surface area contributed by atoms with Gasteiger partial charge in [-0.25, -0.2) is 4.98 Å². The number of fused-ring (bicyclic) bond motifs is 1. The van der Waals surface area contributed by atoms with Crippen molar-refractivity contribution in [2.75, 3.05) is 4.90 Å². The summed E-state index contributed by atoms with van der Waals surface area (Å²) in [6.45, 7) is 0. The minimum Gasteiger partial charge on any atom is -0.290 e. The number of amides is 1. The number of carbonyl (C=O) groups is 3. The van der Waals surface area contributed by atoms with Crippen molar-refractivity contribution < 1.29 is 14.4 Å². The third kappa shape index (κ3) is 3.77. The molecule has 1 aliphatic rings. The maximum Gasteiger partial charge on any atom is 0.232 e. The van der Waals surface area contributed by atoms with Gasteiger partial charge in [-0.2, -0.15) is 0 Å². The van der Waals surface area contributed by atoms with Gasteiger partial charge in [0.2, 0.25) is 17.5 Å². The second-order valence-corrected chi connectivity index (χ2v) is 6.33. The first-order chi connectivity index (χ1) is 12.1. The molecule has 1 aliphatic heterocycles. The summed E-state index contributed by atoms with van der Waals surface area (Å²) in [4.78, 5) is 43.2. The molecule has 0 unspecified atom stereocenters. The lowest BCUT2D eigenvalue weighted by molar-refractivity contribution is -0.118. The van der Waals surface area contributed by atoms with Crippen molar-refractivity contribution in [1.29, 1.82) is 0 Å². The van der Waals surface area contributed by atoms with Crippen LogP contribution in [-0.2, 0) is 9.59 Å². The van der Waals surface area contributed by atoms with Crippen molar-refractivity contribution in [3.8, 4) is 0 Å². The van der Waals surface area contributed by atoms with Gasteiger partial charge < -0.3 is 0 Å². The number of rotatable bonds is 1. The van der Waals surface area contributed by atoms with Gasteiger partial charge in [-0.05, 0) is 43.2 Å². The van der Waals surface area contributed by atoms with Crippen LogP contribution in [-0.4, -0.2) is 22.5 Å². The van der Waals surface area contributed by atoms with Gasteiger partial charge in [0, 0.05) is 24.1 Å². The van der Waals surface area contributed by atoms with Crippen molar-refractivity contribution in [3.05, 3.63) is 53.2 Å². The molecule has 128 valence electrons. The molecule has 1 amide bonds. The van der Waals surface area contributed by atoms with Gasteiger partial charge in [-0.1, -0.05) is 24.1 Å². The molecule has 0 radical (unpaired) electrons. The van der Waals surface area contributed by atoms with Gasteiger partial charge >= 0.3 is 0 Å². The molecule has 3 rings (SSSR count). The minimum absolute atomic E-state index is 0.141. The van der Waals surface area contributed by atoms with E-state index in [-0.39, 0.29) is 23.7 Å². The maximum absolute atomic E-state index is 12.9. The van der Waals surface area contributed by atoms with Gasteiger partial charge in [0.05, 0.1) is 11.3 Å². The lowest BCUT2D eigenvalue weighted by atomic mass is 10.0. The summed E-state index contributed by atoms with van der Waals surface area (Å²) in [6.07, 6.45) is 3.98. The van der Waals surface area contributed by atoms with E-state index < -0.39 is 11.6 Å². The molecule has 5 nitrogen and oxygen atoms in total. The van der Waals surface area contributed by atoms with E-state index in [2.05, 4.69) is 4.98 Å². The molecule has 2 heterocycles. The smallest absolute Gasteiger partial charge is 0.232 e. The number of nitrogens with zero attached hydrogens (tertiary/aromatic N) is 2. The summed E-state index contributed by atoms with van der Waals surface area (Å²) in [5.74, 6) is -1.06. The Morgan fingerprint density at radius 3 is 2.56 bits per heavy atom. The summed E-state index contributed by atoms with van der Waals surface area (Å²) in [7, 11) is 0. The fourth-order valence-corrected chi connectivity index (χ4v) is 3.05. The molecular formula is C19H17ClN2O3. The van der Waals surface area contributed by atoms with Crippen LogP contribution in [0.3, 0.4) is 0 Å². The topological polar surface area (TPSA) is 67.3 Å². The normalized spacial score (nSPS) is 16.4. The first kappa shape index (κ1) is 17.3. The Morgan fingerprint density at radius 2 is 1.76 bits per heavy atom. The minimum atomic E-state index is -0.607. The predicted molar refractivity (Wildman–Crippen MR) is 95.3 cm³/mol. The molecule has 1 aromatic carbocycles. The van der Waals surface area contributed by atoms with Crippen molar-refractivity contribution >= 4 is 40.6 Å². The fourth-order valence-electron chi connectivity index (χ4n) is 2.87. The predicted octanol–water partition coefficient (Wildman–Crippen LogP) is 4.12. The van der Waals surface area contributed by atoms with E-state index in [1.165, 1.54) is 17.2 Å². The number of carbonyl (C=O) groups excluding carboxylic acids is 3. The van der Waals surface area contributed by atoms with Crippen molar-refractivity contribution in [3.63, 3.8) is 0 Å². The Labute approximate surface area is 150 Å². The van der Waals surface area contributed by atoms with E-state index in [4.69, 9.17) is 11.6 Å². The van der Waals surface area contributed by atoms with Crippen LogP contribution in [0.4, 0.5) is 11.5 Å². The Morgan fingerprint density at radius 1 is 0.960 bits per heavy atom. The van der Waals surface area contributed by atoms with E-state index >= 15 is 0 Å². The molecule has 0 saturated heterocycles. The highest BCUT2D eigenvalue weighted by Gasteiger charge is 2.28. The molecular weight excluding hydrogens is 340 g/mol. The molecule has 0 saturated carbocycles.